The lowest BCUT2D eigenvalue weighted by atomic mass is 9.56. The van der Waals surface area contributed by atoms with Crippen molar-refractivity contribution in [2.45, 2.75) is 28.5 Å². The normalized spacial score (nSPS) is 32.0. The van der Waals surface area contributed by atoms with Crippen LogP contribution < -0.4 is 9.64 Å². The van der Waals surface area contributed by atoms with Crippen LogP contribution in [0.4, 0.5) is 11.4 Å². The molecule has 3 fully saturated rings. The van der Waals surface area contributed by atoms with Crippen LogP contribution in [0.15, 0.2) is 60.2 Å². The Morgan fingerprint density at radius 3 is 2.38 bits per heavy atom. The number of aliphatic hydroxyl groups excluding tert-OH is 1. The number of carbonyl (C=O) groups excluding carboxylic acids is 4. The molecule has 6 atom stereocenters. The van der Waals surface area contributed by atoms with E-state index >= 15 is 0 Å². The van der Waals surface area contributed by atoms with Crippen LogP contribution in [-0.4, -0.2) is 68.6 Å². The molecular weight excluding hydrogens is 589 g/mol. The number of non-ortho nitro benzene ring substituents is 1. The average Bonchev–Trinajstić information content (AvgIpc) is 3.31. The van der Waals surface area contributed by atoms with E-state index in [9.17, 15) is 34.4 Å². The molecule has 6 rings (SSSR count). The number of benzene rings is 2. The van der Waals surface area contributed by atoms with E-state index in [1.54, 1.807) is 30.3 Å². The van der Waals surface area contributed by atoms with Gasteiger partial charge in [-0.1, -0.05) is 29.8 Å². The predicted molar refractivity (Wildman–Crippen MR) is 150 cm³/mol. The molecule has 11 nitrogen and oxygen atoms in total. The second-order valence-corrected chi connectivity index (χ2v) is 12.1. The summed E-state index contributed by atoms with van der Waals surface area (Å²) in [7, 11) is 1.31. The number of para-hydroxylation sites is 1. The van der Waals surface area contributed by atoms with Gasteiger partial charge in [0.1, 0.15) is 12.4 Å². The Morgan fingerprint density at radius 1 is 1.02 bits per heavy atom. The number of anilines is 1. The highest BCUT2D eigenvalue weighted by Crippen LogP contribution is 2.66. The second kappa shape index (κ2) is 9.89. The number of hydrogen-bond donors (Lipinski definition) is 1. The van der Waals surface area contributed by atoms with Crippen LogP contribution in [0.25, 0.3) is 0 Å². The molecule has 0 bridgehead atoms. The molecule has 0 radical (unpaired) electrons. The second-order valence-electron chi connectivity index (χ2n) is 10.9. The molecule has 4 aliphatic rings. The summed E-state index contributed by atoms with van der Waals surface area (Å²) in [6, 6.07) is 11.9. The summed E-state index contributed by atoms with van der Waals surface area (Å²) in [4.78, 5) is 63.5. The van der Waals surface area contributed by atoms with E-state index in [0.29, 0.717) is 16.9 Å². The summed E-state index contributed by atoms with van der Waals surface area (Å²) in [5.74, 6) is -5.45. The highest BCUT2D eigenvalue weighted by molar-refractivity contribution is 6.53. The fraction of sp³-hybridized carbons (Fsp3) is 0.379. The number of nitro groups is 1. The Bertz CT molecular complexity index is 1580. The fourth-order valence-electron chi connectivity index (χ4n) is 7.07. The highest BCUT2D eigenvalue weighted by Gasteiger charge is 2.76. The Kier molecular flexibility index (Phi) is 6.67. The molecule has 218 valence electrons. The van der Waals surface area contributed by atoms with Gasteiger partial charge in [0.15, 0.2) is 9.75 Å². The maximum absolute atomic E-state index is 14.0. The number of alkyl halides is 2. The van der Waals surface area contributed by atoms with Gasteiger partial charge < -0.3 is 9.84 Å². The third-order valence-electron chi connectivity index (χ3n) is 8.91. The van der Waals surface area contributed by atoms with E-state index in [1.165, 1.54) is 31.3 Å². The van der Waals surface area contributed by atoms with Gasteiger partial charge in [-0.3, -0.25) is 39.1 Å². The molecular formula is C29H25Cl2N3O8. The molecule has 2 heterocycles. The van der Waals surface area contributed by atoms with Gasteiger partial charge in [-0.15, -0.1) is 23.2 Å². The first-order valence-corrected chi connectivity index (χ1v) is 14.1. The minimum Gasteiger partial charge on any atom is -0.491 e. The number of ether oxygens (including phenoxy) is 1. The SMILES string of the molecule is CN1C(=O)C2(Cl)CC3C(=CCC4C(=O)N(c5ccc([N+](=O)[O-])cc5)C(=O)C43)C(c3ccccc3OCCO)C2(Cl)C1=O. The number of nitro benzene ring substituents is 1. The van der Waals surface area contributed by atoms with E-state index in [1.807, 2.05) is 0 Å². The highest BCUT2D eigenvalue weighted by atomic mass is 35.5. The zero-order valence-corrected chi connectivity index (χ0v) is 23.7. The summed E-state index contributed by atoms with van der Waals surface area (Å²) >= 11 is 14.4. The number of amides is 4. The van der Waals surface area contributed by atoms with E-state index in [2.05, 4.69) is 0 Å². The van der Waals surface area contributed by atoms with E-state index < -0.39 is 62.0 Å². The zero-order chi connectivity index (χ0) is 30.1. The first-order chi connectivity index (χ1) is 20.0. The number of allylic oxidation sites excluding steroid dienone is 2. The lowest BCUT2D eigenvalue weighted by molar-refractivity contribution is -0.384. The molecule has 6 unspecified atom stereocenters. The van der Waals surface area contributed by atoms with Gasteiger partial charge in [-0.2, -0.15) is 0 Å². The van der Waals surface area contributed by atoms with Crippen molar-refractivity contribution in [2.24, 2.45) is 17.8 Å². The largest absolute Gasteiger partial charge is 0.491 e. The molecule has 13 heteroatoms. The van der Waals surface area contributed by atoms with Crippen molar-refractivity contribution in [3.05, 3.63) is 75.9 Å². The van der Waals surface area contributed by atoms with Crippen molar-refractivity contribution in [2.75, 3.05) is 25.2 Å². The summed E-state index contributed by atoms with van der Waals surface area (Å²) in [5, 5.41) is 20.5. The lowest BCUT2D eigenvalue weighted by Crippen LogP contribution is -2.60. The third-order valence-corrected chi connectivity index (χ3v) is 10.3. The first kappa shape index (κ1) is 28.3. The van der Waals surface area contributed by atoms with Crippen LogP contribution in [-0.2, 0) is 19.2 Å². The molecule has 2 aromatic carbocycles. The van der Waals surface area contributed by atoms with Gasteiger partial charge in [0.05, 0.1) is 29.1 Å². The molecule has 2 aromatic rings. The van der Waals surface area contributed by atoms with Crippen LogP contribution >= 0.6 is 23.2 Å². The fourth-order valence-corrected chi connectivity index (χ4v) is 8.08. The first-order valence-electron chi connectivity index (χ1n) is 13.3. The summed E-state index contributed by atoms with van der Waals surface area (Å²) in [5.41, 5.74) is 1.07. The molecule has 2 aliphatic carbocycles. The van der Waals surface area contributed by atoms with Crippen molar-refractivity contribution in [3.63, 3.8) is 0 Å². The smallest absolute Gasteiger partial charge is 0.269 e. The number of halogens is 2. The van der Waals surface area contributed by atoms with Crippen LogP contribution in [0.1, 0.15) is 24.3 Å². The summed E-state index contributed by atoms with van der Waals surface area (Å²) in [6.45, 7) is -0.309. The number of hydrogen-bond acceptors (Lipinski definition) is 8. The van der Waals surface area contributed by atoms with Gasteiger partial charge in [0.25, 0.3) is 17.5 Å². The summed E-state index contributed by atoms with van der Waals surface area (Å²) in [6.07, 6.45) is 1.81. The minimum atomic E-state index is -1.96. The molecule has 0 aromatic heterocycles. The number of aliphatic hydroxyl groups is 1. The molecule has 1 N–H and O–H groups in total. The van der Waals surface area contributed by atoms with Gasteiger partial charge in [-0.05, 0) is 37.0 Å². The Balaban J connectivity index is 1.48. The predicted octanol–water partition coefficient (Wildman–Crippen LogP) is 3.16. The third kappa shape index (κ3) is 3.69. The Morgan fingerprint density at radius 2 is 1.71 bits per heavy atom. The number of nitrogens with zero attached hydrogens (tertiary/aromatic N) is 3. The maximum Gasteiger partial charge on any atom is 0.269 e. The molecule has 2 aliphatic heterocycles. The van der Waals surface area contributed by atoms with Crippen LogP contribution in [0.2, 0.25) is 0 Å². The van der Waals surface area contributed by atoms with Crippen LogP contribution in [0.5, 0.6) is 5.75 Å². The number of imide groups is 2. The van der Waals surface area contributed by atoms with Crippen molar-refractivity contribution in [3.8, 4) is 5.75 Å². The van der Waals surface area contributed by atoms with Gasteiger partial charge in [-0.25, -0.2) is 0 Å². The standard InChI is InChI=1S/C29H25Cl2N3O8/c1-32-26(38)28(30)14-20-17(23(29(28,31)27(32)39)18-4-2-3-5-21(18)42-13-12-35)10-11-19-22(20)25(37)33(24(19)36)15-6-8-16(9-7-15)34(40)41/h2-10,19-20,22-23,35H,11-14H2,1H3. The van der Waals surface area contributed by atoms with E-state index in [4.69, 9.17) is 27.9 Å². The lowest BCUT2D eigenvalue weighted by Gasteiger charge is -2.51. The monoisotopic (exact) mass is 613 g/mol. The molecule has 42 heavy (non-hydrogen) atoms. The number of fused-ring (bicyclic) bond motifs is 4. The van der Waals surface area contributed by atoms with Gasteiger partial charge in [0.2, 0.25) is 11.8 Å². The number of likely N-dealkylation sites (tertiary alicyclic amines) is 1. The van der Waals surface area contributed by atoms with Crippen molar-refractivity contribution in [1.82, 2.24) is 4.90 Å². The maximum atomic E-state index is 14.0. The average molecular weight is 614 g/mol. The van der Waals surface area contributed by atoms with Crippen LogP contribution in [0, 0.1) is 27.9 Å². The van der Waals surface area contributed by atoms with Gasteiger partial charge in [0, 0.05) is 30.7 Å². The van der Waals surface area contributed by atoms with E-state index in [0.717, 1.165) is 9.80 Å². The topological polar surface area (TPSA) is 147 Å². The van der Waals surface area contributed by atoms with Crippen molar-refractivity contribution >= 4 is 58.2 Å². The van der Waals surface area contributed by atoms with Crippen LogP contribution in [0.3, 0.4) is 0 Å². The molecule has 4 amide bonds. The number of carbonyl (C=O) groups is 4. The molecule has 0 spiro atoms. The number of rotatable bonds is 6. The van der Waals surface area contributed by atoms with Gasteiger partial charge >= 0.3 is 0 Å². The quantitative estimate of drug-likeness (QED) is 0.172. The molecule has 2 saturated heterocycles. The van der Waals surface area contributed by atoms with Crippen molar-refractivity contribution < 1.29 is 33.9 Å². The Labute approximate surface area is 249 Å². The van der Waals surface area contributed by atoms with Crippen molar-refractivity contribution in [1.29, 1.82) is 0 Å². The summed E-state index contributed by atoms with van der Waals surface area (Å²) < 4.78 is 5.79. The van der Waals surface area contributed by atoms with E-state index in [-0.39, 0.29) is 37.4 Å². The molecule has 1 saturated carbocycles. The Hall–Kier alpha value is -3.80. The zero-order valence-electron chi connectivity index (χ0n) is 22.2. The minimum absolute atomic E-state index is 0.0395.